The molecule has 0 N–H and O–H groups in total. The number of aryl methyl sites for hydroxylation is 1. The van der Waals surface area contributed by atoms with Crippen molar-refractivity contribution in [3.8, 4) is 5.75 Å². The van der Waals surface area contributed by atoms with Crippen molar-refractivity contribution in [2.45, 2.75) is 6.92 Å². The normalized spacial score (nSPS) is 12.0. The van der Waals surface area contributed by atoms with Crippen LogP contribution in [0.15, 0.2) is 77.6 Å². The standard InChI is InChI=1S/C24H16N2O3S/c1-15-10-12-16(13-11-15)23(28)29-20-9-5-2-6-17(20)14-21-22(27)26-19-8-4-3-7-18(19)25-24(26)30-21/h2-14H,1H3/b21-14-. The quantitative estimate of drug-likeness (QED) is 0.332. The maximum absolute atomic E-state index is 13.0. The van der Waals surface area contributed by atoms with Crippen LogP contribution in [0.1, 0.15) is 21.5 Å². The van der Waals surface area contributed by atoms with Crippen LogP contribution in [0.5, 0.6) is 5.75 Å². The fourth-order valence-electron chi connectivity index (χ4n) is 3.29. The predicted molar refractivity (Wildman–Crippen MR) is 118 cm³/mol. The number of imidazole rings is 1. The highest BCUT2D eigenvalue weighted by Gasteiger charge is 2.13. The average molecular weight is 412 g/mol. The third kappa shape index (κ3) is 3.17. The molecule has 5 aromatic rings. The predicted octanol–water partition coefficient (Wildman–Crippen LogP) is 3.98. The zero-order chi connectivity index (χ0) is 20.7. The number of thiazole rings is 1. The molecular formula is C24H16N2O3S. The Morgan fingerprint density at radius 1 is 1.00 bits per heavy atom. The first-order valence-electron chi connectivity index (χ1n) is 9.40. The Morgan fingerprint density at radius 3 is 2.57 bits per heavy atom. The van der Waals surface area contributed by atoms with E-state index in [4.69, 9.17) is 4.74 Å². The van der Waals surface area contributed by atoms with Crippen LogP contribution in [-0.2, 0) is 0 Å². The Morgan fingerprint density at radius 2 is 1.73 bits per heavy atom. The van der Waals surface area contributed by atoms with Crippen LogP contribution in [0.4, 0.5) is 0 Å². The third-order valence-corrected chi connectivity index (χ3v) is 5.81. The molecule has 0 atom stereocenters. The first kappa shape index (κ1) is 18.3. The van der Waals surface area contributed by atoms with E-state index in [0.29, 0.717) is 26.4 Å². The van der Waals surface area contributed by atoms with E-state index in [1.54, 1.807) is 34.7 Å². The summed E-state index contributed by atoms with van der Waals surface area (Å²) in [7, 11) is 0. The number of benzene rings is 3. The summed E-state index contributed by atoms with van der Waals surface area (Å²) in [5, 5.41) is 0. The zero-order valence-electron chi connectivity index (χ0n) is 16.0. The van der Waals surface area contributed by atoms with E-state index >= 15 is 0 Å². The number of rotatable bonds is 3. The van der Waals surface area contributed by atoms with Crippen LogP contribution in [0.3, 0.4) is 0 Å². The number of para-hydroxylation sites is 3. The maximum atomic E-state index is 13.0. The number of nitrogens with zero attached hydrogens (tertiary/aromatic N) is 2. The van der Waals surface area contributed by atoms with Gasteiger partial charge in [0, 0.05) is 5.56 Å². The minimum atomic E-state index is -0.440. The van der Waals surface area contributed by atoms with E-state index < -0.39 is 5.97 Å². The van der Waals surface area contributed by atoms with Gasteiger partial charge < -0.3 is 4.74 Å². The minimum absolute atomic E-state index is 0.136. The summed E-state index contributed by atoms with van der Waals surface area (Å²) in [6.45, 7) is 1.96. The van der Waals surface area contributed by atoms with Crippen molar-refractivity contribution in [1.29, 1.82) is 0 Å². The third-order valence-electron chi connectivity index (χ3n) is 4.84. The summed E-state index contributed by atoms with van der Waals surface area (Å²) >= 11 is 1.31. The van der Waals surface area contributed by atoms with E-state index in [1.165, 1.54) is 11.3 Å². The molecule has 0 fully saturated rings. The van der Waals surface area contributed by atoms with Crippen LogP contribution >= 0.6 is 11.3 Å². The van der Waals surface area contributed by atoms with Gasteiger partial charge in [0.25, 0.3) is 5.56 Å². The van der Waals surface area contributed by atoms with E-state index in [2.05, 4.69) is 4.98 Å². The maximum Gasteiger partial charge on any atom is 0.343 e. The summed E-state index contributed by atoms with van der Waals surface area (Å²) in [6, 6.07) is 21.9. The van der Waals surface area contributed by atoms with Crippen molar-refractivity contribution in [3.05, 3.63) is 104 Å². The van der Waals surface area contributed by atoms with E-state index in [-0.39, 0.29) is 5.56 Å². The molecule has 0 saturated carbocycles. The Bertz CT molecular complexity index is 1510. The van der Waals surface area contributed by atoms with Gasteiger partial charge in [-0.3, -0.25) is 4.79 Å². The second kappa shape index (κ2) is 7.24. The number of ether oxygens (including phenoxy) is 1. The molecule has 2 heterocycles. The lowest BCUT2D eigenvalue weighted by molar-refractivity contribution is 0.0734. The number of fused-ring (bicyclic) bond motifs is 3. The van der Waals surface area contributed by atoms with Crippen LogP contribution in [-0.4, -0.2) is 15.4 Å². The molecule has 0 unspecified atom stereocenters. The molecule has 5 rings (SSSR count). The van der Waals surface area contributed by atoms with Crippen molar-refractivity contribution in [2.24, 2.45) is 0 Å². The molecule has 0 bridgehead atoms. The van der Waals surface area contributed by atoms with Crippen LogP contribution in [0.2, 0.25) is 0 Å². The lowest BCUT2D eigenvalue weighted by atomic mass is 10.1. The SMILES string of the molecule is Cc1ccc(C(=O)Oc2ccccc2/C=c2\sc3nc4ccccc4n3c2=O)cc1. The molecule has 0 aliphatic carbocycles. The molecule has 3 aromatic carbocycles. The summed E-state index contributed by atoms with van der Waals surface area (Å²) < 4.78 is 7.77. The van der Waals surface area contributed by atoms with Crippen molar-refractivity contribution >= 4 is 39.4 Å². The Balaban J connectivity index is 1.56. The minimum Gasteiger partial charge on any atom is -0.422 e. The lowest BCUT2D eigenvalue weighted by Crippen LogP contribution is -2.22. The number of hydrogen-bond acceptors (Lipinski definition) is 5. The van der Waals surface area contributed by atoms with E-state index in [9.17, 15) is 9.59 Å². The van der Waals surface area contributed by atoms with Crippen LogP contribution in [0.25, 0.3) is 22.1 Å². The van der Waals surface area contributed by atoms with Gasteiger partial charge in [-0.05, 0) is 43.3 Å². The van der Waals surface area contributed by atoms with Gasteiger partial charge in [-0.2, -0.15) is 0 Å². The number of aromatic nitrogens is 2. The molecule has 0 aliphatic heterocycles. The molecule has 6 heteroatoms. The highest BCUT2D eigenvalue weighted by Crippen LogP contribution is 2.21. The van der Waals surface area contributed by atoms with Gasteiger partial charge in [0.2, 0.25) is 0 Å². The van der Waals surface area contributed by atoms with Gasteiger partial charge in [-0.1, -0.05) is 59.4 Å². The topological polar surface area (TPSA) is 60.7 Å². The van der Waals surface area contributed by atoms with E-state index in [1.807, 2.05) is 55.5 Å². The summed E-state index contributed by atoms with van der Waals surface area (Å²) in [6.07, 6.45) is 1.74. The van der Waals surface area contributed by atoms with Crippen LogP contribution < -0.4 is 14.8 Å². The van der Waals surface area contributed by atoms with Gasteiger partial charge in [0.05, 0.1) is 21.1 Å². The van der Waals surface area contributed by atoms with Gasteiger partial charge in [0.1, 0.15) is 5.75 Å². The second-order valence-corrected chi connectivity index (χ2v) is 7.94. The van der Waals surface area contributed by atoms with Crippen molar-refractivity contribution < 1.29 is 9.53 Å². The first-order chi connectivity index (χ1) is 14.6. The Hall–Kier alpha value is -3.77. The average Bonchev–Trinajstić information content (AvgIpc) is 3.26. The van der Waals surface area contributed by atoms with Crippen LogP contribution in [0, 0.1) is 6.92 Å². The number of hydrogen-bond donors (Lipinski definition) is 0. The molecule has 146 valence electrons. The molecule has 5 nitrogen and oxygen atoms in total. The molecular weight excluding hydrogens is 396 g/mol. The second-order valence-electron chi connectivity index (χ2n) is 6.93. The number of carbonyl (C=O) groups excluding carboxylic acids is 1. The fourth-order valence-corrected chi connectivity index (χ4v) is 4.27. The largest absolute Gasteiger partial charge is 0.422 e. The summed E-state index contributed by atoms with van der Waals surface area (Å²) in [4.78, 5) is 30.7. The lowest BCUT2D eigenvalue weighted by Gasteiger charge is -2.07. The van der Waals surface area contributed by atoms with Gasteiger partial charge >= 0.3 is 5.97 Å². The molecule has 0 spiro atoms. The number of carbonyl (C=O) groups is 1. The van der Waals surface area contributed by atoms with Gasteiger partial charge in [0.15, 0.2) is 4.96 Å². The smallest absolute Gasteiger partial charge is 0.343 e. The first-order valence-corrected chi connectivity index (χ1v) is 10.2. The highest BCUT2D eigenvalue weighted by atomic mass is 32.1. The van der Waals surface area contributed by atoms with Crippen molar-refractivity contribution in [1.82, 2.24) is 9.38 Å². The Labute approximate surface area is 175 Å². The molecule has 2 aromatic heterocycles. The molecule has 0 radical (unpaired) electrons. The molecule has 0 amide bonds. The Kier molecular flexibility index (Phi) is 4.41. The molecule has 0 saturated heterocycles. The van der Waals surface area contributed by atoms with Gasteiger partial charge in [-0.25, -0.2) is 14.2 Å². The fraction of sp³-hybridized carbons (Fsp3) is 0.0417. The van der Waals surface area contributed by atoms with E-state index in [0.717, 1.165) is 16.6 Å². The molecule has 0 aliphatic rings. The van der Waals surface area contributed by atoms with Crippen molar-refractivity contribution in [3.63, 3.8) is 0 Å². The zero-order valence-corrected chi connectivity index (χ0v) is 16.8. The highest BCUT2D eigenvalue weighted by molar-refractivity contribution is 7.15. The number of esters is 1. The monoisotopic (exact) mass is 412 g/mol. The summed E-state index contributed by atoms with van der Waals surface area (Å²) in [5.41, 5.74) is 3.64. The van der Waals surface area contributed by atoms with Gasteiger partial charge in [-0.15, -0.1) is 0 Å². The molecule has 30 heavy (non-hydrogen) atoms. The van der Waals surface area contributed by atoms with Crippen molar-refractivity contribution in [2.75, 3.05) is 0 Å². The summed E-state index contributed by atoms with van der Waals surface area (Å²) in [5.74, 6) is -0.0384.